The SMILES string of the molecule is CSc1nc(SC)c2ncc(C3(O)O[C@@H]4C(OCc5ccccc5)[C@]4(OCc4ccccc4)[C@@]3(C)OCc3ccccc3)n2n1. The van der Waals surface area contributed by atoms with Crippen LogP contribution < -0.4 is 0 Å². The van der Waals surface area contributed by atoms with Crippen molar-refractivity contribution in [2.75, 3.05) is 12.5 Å². The maximum absolute atomic E-state index is 12.8. The number of hydrogen-bond donors (Lipinski definition) is 1. The third kappa shape index (κ3) is 5.07. The fraction of sp³-hybridized carbons (Fsp3) is 0.324. The molecule has 5 atom stereocenters. The van der Waals surface area contributed by atoms with Crippen LogP contribution in [0.3, 0.4) is 0 Å². The number of ether oxygens (including phenoxy) is 4. The third-order valence-electron chi connectivity index (χ3n) is 8.70. The number of benzene rings is 3. The molecule has 3 heterocycles. The Hall–Kier alpha value is -3.29. The largest absolute Gasteiger partial charge is 0.367 e. The van der Waals surface area contributed by atoms with Gasteiger partial charge in [-0.3, -0.25) is 0 Å². The van der Waals surface area contributed by atoms with Crippen molar-refractivity contribution in [1.29, 1.82) is 0 Å². The van der Waals surface area contributed by atoms with Crippen LogP contribution in [0.5, 0.6) is 0 Å². The van der Waals surface area contributed by atoms with E-state index in [4.69, 9.17) is 24.0 Å². The van der Waals surface area contributed by atoms with Crippen LogP contribution in [0.15, 0.2) is 107 Å². The van der Waals surface area contributed by atoms with Gasteiger partial charge in [-0.2, -0.15) is 0 Å². The van der Waals surface area contributed by atoms with Gasteiger partial charge in [0.25, 0.3) is 0 Å². The maximum Gasteiger partial charge on any atom is 0.245 e. The van der Waals surface area contributed by atoms with Crippen LogP contribution in [-0.4, -0.2) is 60.6 Å². The van der Waals surface area contributed by atoms with Gasteiger partial charge in [0.1, 0.15) is 22.9 Å². The molecule has 1 saturated heterocycles. The van der Waals surface area contributed by atoms with Crippen molar-refractivity contribution >= 4 is 29.2 Å². The highest BCUT2D eigenvalue weighted by Crippen LogP contribution is 2.67. The first-order valence-electron chi connectivity index (χ1n) is 14.7. The zero-order valence-electron chi connectivity index (χ0n) is 25.2. The molecule has 1 saturated carbocycles. The average molecular weight is 643 g/mol. The van der Waals surface area contributed by atoms with Crippen LogP contribution in [0.25, 0.3) is 5.65 Å². The molecule has 2 aliphatic rings. The topological polar surface area (TPSA) is 100 Å². The van der Waals surface area contributed by atoms with E-state index in [1.807, 2.05) is 110 Å². The van der Waals surface area contributed by atoms with Crippen LogP contribution in [0.1, 0.15) is 29.3 Å². The van der Waals surface area contributed by atoms with Gasteiger partial charge >= 0.3 is 0 Å². The fourth-order valence-electron chi connectivity index (χ4n) is 6.22. The lowest BCUT2D eigenvalue weighted by atomic mass is 9.85. The Balaban J connectivity index is 1.33. The summed E-state index contributed by atoms with van der Waals surface area (Å²) < 4.78 is 28.5. The number of aliphatic hydroxyl groups is 1. The molecule has 0 spiro atoms. The van der Waals surface area contributed by atoms with Crippen molar-refractivity contribution in [1.82, 2.24) is 19.6 Å². The summed E-state index contributed by atoms with van der Waals surface area (Å²) in [6, 6.07) is 29.7. The molecule has 1 aliphatic carbocycles. The summed E-state index contributed by atoms with van der Waals surface area (Å²) in [7, 11) is 0. The van der Waals surface area contributed by atoms with E-state index in [0.29, 0.717) is 28.1 Å². The maximum atomic E-state index is 12.8. The molecule has 1 N–H and O–H groups in total. The Bertz CT molecular complexity index is 1780. The number of thioether (sulfide) groups is 2. The quantitative estimate of drug-likeness (QED) is 0.172. The predicted octanol–water partition coefficient (Wildman–Crippen LogP) is 5.64. The Morgan fingerprint density at radius 1 is 0.822 bits per heavy atom. The molecule has 2 aromatic heterocycles. The Morgan fingerprint density at radius 3 is 1.98 bits per heavy atom. The van der Waals surface area contributed by atoms with Crippen LogP contribution in [0, 0.1) is 0 Å². The molecule has 1 aliphatic heterocycles. The van der Waals surface area contributed by atoms with Gasteiger partial charge in [-0.15, -0.1) is 16.9 Å². The molecule has 232 valence electrons. The standard InChI is InChI=1S/C34H34N4O5S2/c1-32(41-21-24-15-9-5-10-16-24)33(42-22-25-17-11-6-12-18-25)27(40-20-23-13-7-4-8-14-23)28(33)43-34(32,39)26-19-35-29-30(44-2)36-31(45-3)37-38(26)29/h4-19,27-28,39H,20-22H2,1-3H3/t27?,28-,32-,33-,34?/m1/s1. The van der Waals surface area contributed by atoms with E-state index >= 15 is 0 Å². The minimum absolute atomic E-state index is 0.204. The Morgan fingerprint density at radius 2 is 1.40 bits per heavy atom. The second-order valence-corrected chi connectivity index (χ2v) is 12.8. The van der Waals surface area contributed by atoms with E-state index in [1.165, 1.54) is 23.5 Å². The fourth-order valence-corrected chi connectivity index (χ4v) is 7.12. The van der Waals surface area contributed by atoms with E-state index in [2.05, 4.69) is 9.97 Å². The summed E-state index contributed by atoms with van der Waals surface area (Å²) in [5, 5.41) is 18.8. The third-order valence-corrected chi connectivity index (χ3v) is 9.90. The molecule has 5 aromatic rings. The van der Waals surface area contributed by atoms with Crippen molar-refractivity contribution in [2.45, 2.75) is 66.1 Å². The number of imidazole rings is 1. The van der Waals surface area contributed by atoms with Gasteiger partial charge in [0.05, 0.1) is 26.0 Å². The van der Waals surface area contributed by atoms with E-state index in [1.54, 1.807) is 10.7 Å². The lowest BCUT2D eigenvalue weighted by Crippen LogP contribution is -2.60. The van der Waals surface area contributed by atoms with E-state index < -0.39 is 29.2 Å². The van der Waals surface area contributed by atoms with Crippen LogP contribution in [0.4, 0.5) is 0 Å². The molecule has 0 amide bonds. The van der Waals surface area contributed by atoms with Crippen LogP contribution in [-0.2, 0) is 44.6 Å². The number of hydrogen-bond acceptors (Lipinski definition) is 10. The second-order valence-electron chi connectivity index (χ2n) is 11.3. The van der Waals surface area contributed by atoms with Gasteiger partial charge in [0.15, 0.2) is 16.8 Å². The van der Waals surface area contributed by atoms with Gasteiger partial charge < -0.3 is 24.1 Å². The molecule has 45 heavy (non-hydrogen) atoms. The summed E-state index contributed by atoms with van der Waals surface area (Å²) in [4.78, 5) is 9.24. The number of aromatic nitrogens is 4. The zero-order valence-corrected chi connectivity index (χ0v) is 26.8. The van der Waals surface area contributed by atoms with Gasteiger partial charge in [-0.1, -0.05) is 103 Å². The Kier molecular flexibility index (Phi) is 8.19. The van der Waals surface area contributed by atoms with Gasteiger partial charge in [0.2, 0.25) is 10.9 Å². The smallest absolute Gasteiger partial charge is 0.245 e. The second kappa shape index (κ2) is 12.1. The van der Waals surface area contributed by atoms with Crippen molar-refractivity contribution in [3.63, 3.8) is 0 Å². The molecule has 3 aromatic carbocycles. The van der Waals surface area contributed by atoms with E-state index in [9.17, 15) is 5.11 Å². The lowest BCUT2D eigenvalue weighted by Gasteiger charge is -2.44. The molecular weight excluding hydrogens is 609 g/mol. The molecule has 0 bridgehead atoms. The number of nitrogens with zero attached hydrogens (tertiary/aromatic N) is 4. The molecule has 9 nitrogen and oxygen atoms in total. The Labute approximate surface area is 270 Å². The molecule has 0 radical (unpaired) electrons. The molecule has 7 rings (SSSR count). The van der Waals surface area contributed by atoms with Crippen molar-refractivity contribution < 1.29 is 24.1 Å². The first-order valence-corrected chi connectivity index (χ1v) is 17.1. The molecule has 11 heteroatoms. The van der Waals surface area contributed by atoms with Crippen LogP contribution in [0.2, 0.25) is 0 Å². The summed E-state index contributed by atoms with van der Waals surface area (Å²) in [6.07, 6.45) is 4.28. The number of fused-ring (bicyclic) bond motifs is 2. The van der Waals surface area contributed by atoms with Gasteiger partial charge in [-0.25, -0.2) is 14.5 Å². The van der Waals surface area contributed by atoms with Gasteiger partial charge in [-0.05, 0) is 36.1 Å². The summed E-state index contributed by atoms with van der Waals surface area (Å²) in [5.74, 6) is -2.01. The highest BCUT2D eigenvalue weighted by atomic mass is 32.2. The highest BCUT2D eigenvalue weighted by Gasteiger charge is 2.90. The summed E-state index contributed by atoms with van der Waals surface area (Å²) in [5.41, 5.74) is 1.18. The first-order chi connectivity index (χ1) is 21.9. The molecule has 2 unspecified atom stereocenters. The van der Waals surface area contributed by atoms with Crippen molar-refractivity contribution in [3.05, 3.63) is 120 Å². The lowest BCUT2D eigenvalue weighted by molar-refractivity contribution is -0.325. The minimum Gasteiger partial charge on any atom is -0.367 e. The van der Waals surface area contributed by atoms with Crippen LogP contribution >= 0.6 is 23.5 Å². The van der Waals surface area contributed by atoms with E-state index in [-0.39, 0.29) is 13.2 Å². The van der Waals surface area contributed by atoms with Crippen molar-refractivity contribution in [3.8, 4) is 0 Å². The summed E-state index contributed by atoms with van der Waals surface area (Å²) in [6.45, 7) is 2.68. The van der Waals surface area contributed by atoms with E-state index in [0.717, 1.165) is 16.7 Å². The monoisotopic (exact) mass is 642 g/mol. The predicted molar refractivity (Wildman–Crippen MR) is 172 cm³/mol. The normalized spacial score (nSPS) is 27.1. The molecule has 2 fully saturated rings. The molecular formula is C34H34N4O5S2. The average Bonchev–Trinajstić information content (AvgIpc) is 3.36. The zero-order chi connectivity index (χ0) is 31.1. The summed E-state index contributed by atoms with van der Waals surface area (Å²) >= 11 is 2.87. The van der Waals surface area contributed by atoms with Crippen molar-refractivity contribution in [2.24, 2.45) is 0 Å². The first kappa shape index (κ1) is 30.4. The van der Waals surface area contributed by atoms with Gasteiger partial charge in [0, 0.05) is 0 Å². The number of rotatable bonds is 12. The highest BCUT2D eigenvalue weighted by molar-refractivity contribution is 7.99. The minimum atomic E-state index is -2.01.